The van der Waals surface area contributed by atoms with Crippen LogP contribution < -0.4 is 15.2 Å². The van der Waals surface area contributed by atoms with Gasteiger partial charge < -0.3 is 9.64 Å². The lowest BCUT2D eigenvalue weighted by Crippen LogP contribution is -2.24. The Labute approximate surface area is 158 Å². The molecule has 2 aromatic carbocycles. The van der Waals surface area contributed by atoms with Gasteiger partial charge >= 0.3 is 0 Å². The van der Waals surface area contributed by atoms with Crippen molar-refractivity contribution in [3.63, 3.8) is 0 Å². The molecule has 6 heteroatoms. The zero-order chi connectivity index (χ0) is 18.4. The number of nitrogens with two attached hydrogens (primary N) is 1. The Hall–Kier alpha value is -2.47. The number of thiazole rings is 1. The maximum absolute atomic E-state index is 5.96. The summed E-state index contributed by atoms with van der Waals surface area (Å²) in [4.78, 5) is 7.16. The Bertz CT molecular complexity index is 857. The van der Waals surface area contributed by atoms with E-state index in [-0.39, 0.29) is 0 Å². The first-order valence-electron chi connectivity index (χ1n) is 9.02. The molecule has 0 atom stereocenters. The number of nitrogens with zero attached hydrogens (tertiary/aromatic N) is 3. The first-order chi connectivity index (χ1) is 12.7. The molecule has 0 bridgehead atoms. The fourth-order valence-electron chi connectivity index (χ4n) is 2.86. The Kier molecular flexibility index (Phi) is 6.17. The second kappa shape index (κ2) is 8.76. The molecule has 0 aliphatic rings. The van der Waals surface area contributed by atoms with Crippen LogP contribution in [0.15, 0.2) is 47.6 Å². The van der Waals surface area contributed by atoms with Gasteiger partial charge in [0, 0.05) is 19.2 Å². The molecule has 5 nitrogen and oxygen atoms in total. The highest BCUT2D eigenvalue weighted by Gasteiger charge is 2.15. The van der Waals surface area contributed by atoms with Crippen molar-refractivity contribution in [1.29, 1.82) is 0 Å². The van der Waals surface area contributed by atoms with Crippen LogP contribution in [-0.2, 0) is 6.61 Å². The molecule has 2 N–H and O–H groups in total. The molecule has 26 heavy (non-hydrogen) atoms. The monoisotopic (exact) mass is 369 g/mol. The average Bonchev–Trinajstić information content (AvgIpc) is 3.09. The van der Waals surface area contributed by atoms with Crippen molar-refractivity contribution in [2.24, 2.45) is 5.11 Å². The molecule has 0 aliphatic heterocycles. The van der Waals surface area contributed by atoms with Gasteiger partial charge in [-0.15, -0.1) is 0 Å². The quantitative estimate of drug-likeness (QED) is 0.571. The zero-order valence-electron chi connectivity index (χ0n) is 15.3. The van der Waals surface area contributed by atoms with E-state index in [9.17, 15) is 0 Å². The standard InChI is InChI=1S/C20H24N4OS/c1-3-10-24(11-4-2)20-22-17-12-18(16(23-21)13-19(17)26-20)25-14-15-8-6-5-7-9-15/h5-9,12-13,21H,3-4,10-11,14H2,1-2H3/p+1. The van der Waals surface area contributed by atoms with E-state index >= 15 is 0 Å². The van der Waals surface area contributed by atoms with Crippen molar-refractivity contribution in [2.75, 3.05) is 18.0 Å². The molecule has 0 fully saturated rings. The van der Waals surface area contributed by atoms with Gasteiger partial charge in [-0.1, -0.05) is 55.5 Å². The molecule has 0 amide bonds. The second-order valence-electron chi connectivity index (χ2n) is 6.17. The van der Waals surface area contributed by atoms with Crippen molar-refractivity contribution < 1.29 is 10.3 Å². The minimum Gasteiger partial charge on any atom is -0.486 e. The van der Waals surface area contributed by atoms with E-state index in [1.54, 1.807) is 11.3 Å². The van der Waals surface area contributed by atoms with Gasteiger partial charge in [0.2, 0.25) is 0 Å². The Morgan fingerprint density at radius 1 is 1.12 bits per heavy atom. The number of ether oxygens (including phenoxy) is 1. The van der Waals surface area contributed by atoms with E-state index in [0.717, 1.165) is 46.8 Å². The Morgan fingerprint density at radius 3 is 2.50 bits per heavy atom. The number of hydrogen-bond acceptors (Lipinski definition) is 5. The molecule has 1 aromatic heterocycles. The van der Waals surface area contributed by atoms with E-state index in [0.29, 0.717) is 18.0 Å². The highest BCUT2D eigenvalue weighted by molar-refractivity contribution is 7.22. The lowest BCUT2D eigenvalue weighted by Gasteiger charge is -2.19. The lowest BCUT2D eigenvalue weighted by atomic mass is 10.2. The molecule has 136 valence electrons. The number of aromatic nitrogens is 1. The third kappa shape index (κ3) is 4.19. The van der Waals surface area contributed by atoms with Crippen LogP contribution in [-0.4, -0.2) is 18.1 Å². The maximum atomic E-state index is 5.96. The molecule has 3 aromatic rings. The molecule has 0 radical (unpaired) electrons. The van der Waals surface area contributed by atoms with Gasteiger partial charge in [0.1, 0.15) is 6.61 Å². The summed E-state index contributed by atoms with van der Waals surface area (Å²) >= 11 is 1.68. The predicted molar refractivity (Wildman–Crippen MR) is 107 cm³/mol. The first kappa shape index (κ1) is 18.3. The smallest absolute Gasteiger partial charge is 0.186 e. The van der Waals surface area contributed by atoms with Gasteiger partial charge in [-0.3, -0.25) is 0 Å². The number of fused-ring (bicyclic) bond motifs is 1. The summed E-state index contributed by atoms with van der Waals surface area (Å²) < 4.78 is 7.04. The van der Waals surface area contributed by atoms with Crippen LogP contribution >= 0.6 is 11.3 Å². The largest absolute Gasteiger partial charge is 0.486 e. The normalized spacial score (nSPS) is 10.8. The summed E-state index contributed by atoms with van der Waals surface area (Å²) in [5, 5.41) is 4.95. The molecule has 1 heterocycles. The van der Waals surface area contributed by atoms with Crippen LogP contribution in [0.4, 0.5) is 10.8 Å². The van der Waals surface area contributed by atoms with Gasteiger partial charge in [0.15, 0.2) is 16.6 Å². The predicted octanol–water partition coefficient (Wildman–Crippen LogP) is 4.34. The van der Waals surface area contributed by atoms with Crippen LogP contribution in [0.5, 0.6) is 5.75 Å². The van der Waals surface area contributed by atoms with E-state index in [1.165, 1.54) is 0 Å². The first-order valence-corrected chi connectivity index (χ1v) is 9.84. The van der Waals surface area contributed by atoms with E-state index in [2.05, 4.69) is 23.9 Å². The average molecular weight is 370 g/mol. The van der Waals surface area contributed by atoms with Crippen LogP contribution in [0.3, 0.4) is 0 Å². The lowest BCUT2D eigenvalue weighted by molar-refractivity contribution is -0.210. The molecular weight excluding hydrogens is 344 g/mol. The topological polar surface area (TPSA) is 63.3 Å². The Balaban J connectivity index is 1.88. The van der Waals surface area contributed by atoms with Crippen LogP contribution in [0.2, 0.25) is 0 Å². The third-order valence-corrected chi connectivity index (χ3v) is 5.17. The van der Waals surface area contributed by atoms with Crippen molar-refractivity contribution in [2.45, 2.75) is 33.3 Å². The fourth-order valence-corrected chi connectivity index (χ4v) is 3.89. The van der Waals surface area contributed by atoms with Crippen molar-refractivity contribution in [1.82, 2.24) is 4.98 Å². The van der Waals surface area contributed by atoms with Crippen molar-refractivity contribution in [3.8, 4) is 5.75 Å². The molecular formula is C20H25N4OS+. The molecule has 0 aliphatic carbocycles. The van der Waals surface area contributed by atoms with Crippen LogP contribution in [0.25, 0.3) is 10.2 Å². The molecule has 0 saturated carbocycles. The summed E-state index contributed by atoms with van der Waals surface area (Å²) in [6, 6.07) is 14.0. The summed E-state index contributed by atoms with van der Waals surface area (Å²) in [5.74, 6) is 0.665. The Morgan fingerprint density at radius 2 is 1.85 bits per heavy atom. The maximum Gasteiger partial charge on any atom is 0.186 e. The SMILES string of the molecule is CCCN(CCC)c1nc2cc(OCc3ccccc3)c(N=[NH2+])cc2s1. The molecule has 3 rings (SSSR count). The highest BCUT2D eigenvalue weighted by atomic mass is 32.1. The van der Waals surface area contributed by atoms with Gasteiger partial charge in [-0.2, -0.15) is 5.53 Å². The second-order valence-corrected chi connectivity index (χ2v) is 7.18. The number of anilines is 1. The van der Waals surface area contributed by atoms with Gasteiger partial charge in [-0.25, -0.2) is 4.98 Å². The van der Waals surface area contributed by atoms with Crippen molar-refractivity contribution in [3.05, 3.63) is 48.0 Å². The minimum absolute atomic E-state index is 0.476. The van der Waals surface area contributed by atoms with Crippen molar-refractivity contribution >= 4 is 32.4 Å². The molecule has 0 spiro atoms. The van der Waals surface area contributed by atoms with E-state index in [1.807, 2.05) is 42.5 Å². The fraction of sp³-hybridized carbons (Fsp3) is 0.350. The number of rotatable bonds is 9. The third-order valence-electron chi connectivity index (χ3n) is 4.09. The zero-order valence-corrected chi connectivity index (χ0v) is 16.1. The van der Waals surface area contributed by atoms with Crippen LogP contribution in [0.1, 0.15) is 32.3 Å². The molecule has 0 unspecified atom stereocenters. The van der Waals surface area contributed by atoms with Crippen LogP contribution in [0, 0.1) is 0 Å². The number of hydrogen-bond donors (Lipinski definition) is 1. The van der Waals surface area contributed by atoms with Gasteiger partial charge in [0.05, 0.1) is 10.2 Å². The summed E-state index contributed by atoms with van der Waals surface area (Å²) in [5.41, 5.74) is 8.28. The highest BCUT2D eigenvalue weighted by Crippen LogP contribution is 2.37. The summed E-state index contributed by atoms with van der Waals surface area (Å²) in [6.07, 6.45) is 2.20. The van der Waals surface area contributed by atoms with Gasteiger partial charge in [-0.05, 0) is 29.6 Å². The summed E-state index contributed by atoms with van der Waals surface area (Å²) in [6.45, 7) is 6.88. The van der Waals surface area contributed by atoms with E-state index < -0.39 is 0 Å². The van der Waals surface area contributed by atoms with E-state index in [4.69, 9.17) is 15.3 Å². The molecule has 0 saturated heterocycles. The minimum atomic E-state index is 0.476. The van der Waals surface area contributed by atoms with Gasteiger partial charge in [0.25, 0.3) is 0 Å². The number of benzene rings is 2. The summed E-state index contributed by atoms with van der Waals surface area (Å²) in [7, 11) is 0.